The van der Waals surface area contributed by atoms with Gasteiger partial charge in [0.05, 0.1) is 16.2 Å². The number of nitrogens with one attached hydrogen (secondary N) is 1. The average Bonchev–Trinajstić information content (AvgIpc) is 2.63. The van der Waals surface area contributed by atoms with Crippen molar-refractivity contribution < 1.29 is 8.42 Å². The molecule has 1 aromatic heterocycles. The average molecular weight is 287 g/mol. The second-order valence-corrected chi connectivity index (χ2v) is 8.52. The largest absolute Gasteiger partial charge is 0.330 e. The molecule has 6 heteroatoms. The van der Waals surface area contributed by atoms with E-state index in [1.165, 1.54) is 0 Å². The third kappa shape index (κ3) is 4.04. The Morgan fingerprint density at radius 2 is 2.00 bits per heavy atom. The van der Waals surface area contributed by atoms with Gasteiger partial charge in [-0.15, -0.1) is 0 Å². The van der Waals surface area contributed by atoms with Crippen LogP contribution in [0, 0.1) is 6.92 Å². The zero-order valence-electron chi connectivity index (χ0n) is 12.5. The van der Waals surface area contributed by atoms with E-state index in [2.05, 4.69) is 10.3 Å². The lowest BCUT2D eigenvalue weighted by Crippen LogP contribution is -2.32. The summed E-state index contributed by atoms with van der Waals surface area (Å²) in [6, 6.07) is 0. The van der Waals surface area contributed by atoms with E-state index in [0.29, 0.717) is 13.1 Å². The summed E-state index contributed by atoms with van der Waals surface area (Å²) < 4.78 is 25.5. The maximum Gasteiger partial charge on any atom is 0.156 e. The molecule has 5 nitrogen and oxygen atoms in total. The van der Waals surface area contributed by atoms with Gasteiger partial charge < -0.3 is 9.88 Å². The summed E-state index contributed by atoms with van der Waals surface area (Å²) in [6.45, 7) is 11.2. The topological polar surface area (TPSA) is 64.0 Å². The van der Waals surface area contributed by atoms with E-state index in [0.717, 1.165) is 18.1 Å². The van der Waals surface area contributed by atoms with Crippen LogP contribution in [0.25, 0.3) is 0 Å². The van der Waals surface area contributed by atoms with Crippen molar-refractivity contribution in [3.8, 4) is 0 Å². The molecule has 19 heavy (non-hydrogen) atoms. The second-order valence-electron chi connectivity index (χ2n) is 5.66. The molecule has 0 radical (unpaired) electrons. The first-order valence-corrected chi connectivity index (χ1v) is 8.28. The molecule has 0 fully saturated rings. The van der Waals surface area contributed by atoms with Crippen molar-refractivity contribution in [3.63, 3.8) is 0 Å². The Hall–Kier alpha value is -0.880. The molecular weight excluding hydrogens is 262 g/mol. The fourth-order valence-corrected chi connectivity index (χ4v) is 2.77. The van der Waals surface area contributed by atoms with E-state index in [1.807, 2.05) is 24.6 Å². The molecule has 0 unspecified atom stereocenters. The highest BCUT2D eigenvalue weighted by molar-refractivity contribution is 7.92. The van der Waals surface area contributed by atoms with Gasteiger partial charge in [0, 0.05) is 19.3 Å². The summed E-state index contributed by atoms with van der Waals surface area (Å²) in [5, 5.41) is 3.24. The van der Waals surface area contributed by atoms with Crippen molar-refractivity contribution in [3.05, 3.63) is 17.7 Å². The minimum Gasteiger partial charge on any atom is -0.330 e. The third-order valence-electron chi connectivity index (χ3n) is 3.21. The van der Waals surface area contributed by atoms with Gasteiger partial charge in [-0.1, -0.05) is 6.92 Å². The standard InChI is InChI=1S/C13H25N3O2S/c1-6-14-9-12-10-15-11(2)16(12)7-8-19(17,18)13(3,4)5/h10,14H,6-9H2,1-5H3. The Morgan fingerprint density at radius 1 is 1.37 bits per heavy atom. The fraction of sp³-hybridized carbons (Fsp3) is 0.769. The van der Waals surface area contributed by atoms with Crippen LogP contribution < -0.4 is 5.32 Å². The molecule has 1 heterocycles. The van der Waals surface area contributed by atoms with Crippen molar-refractivity contribution in [2.75, 3.05) is 12.3 Å². The highest BCUT2D eigenvalue weighted by Gasteiger charge is 2.28. The van der Waals surface area contributed by atoms with Gasteiger partial charge in [0.1, 0.15) is 5.82 Å². The van der Waals surface area contributed by atoms with Gasteiger partial charge in [0.25, 0.3) is 0 Å². The number of hydrogen-bond acceptors (Lipinski definition) is 4. The van der Waals surface area contributed by atoms with Crippen molar-refractivity contribution in [1.82, 2.24) is 14.9 Å². The molecule has 0 aliphatic rings. The Bertz CT molecular complexity index is 512. The number of aromatic nitrogens is 2. The Morgan fingerprint density at radius 3 is 2.53 bits per heavy atom. The second kappa shape index (κ2) is 6.05. The Labute approximate surface area is 116 Å². The normalized spacial score (nSPS) is 12.9. The molecule has 0 atom stereocenters. The predicted octanol–water partition coefficient (Wildman–Crippen LogP) is 1.51. The van der Waals surface area contributed by atoms with Crippen LogP contribution in [0.2, 0.25) is 0 Å². The lowest BCUT2D eigenvalue weighted by Gasteiger charge is -2.20. The third-order valence-corrected chi connectivity index (χ3v) is 5.80. The predicted molar refractivity (Wildman–Crippen MR) is 77.9 cm³/mol. The number of sulfone groups is 1. The quantitative estimate of drug-likeness (QED) is 0.861. The molecule has 0 saturated carbocycles. The van der Waals surface area contributed by atoms with Crippen molar-refractivity contribution >= 4 is 9.84 Å². The fourth-order valence-electron chi connectivity index (χ4n) is 1.73. The summed E-state index contributed by atoms with van der Waals surface area (Å²) in [5.41, 5.74) is 1.03. The molecule has 1 rings (SSSR count). The monoisotopic (exact) mass is 287 g/mol. The van der Waals surface area contributed by atoms with E-state index in [4.69, 9.17) is 0 Å². The molecular formula is C13H25N3O2S. The zero-order valence-corrected chi connectivity index (χ0v) is 13.3. The molecule has 0 aliphatic heterocycles. The van der Waals surface area contributed by atoms with Gasteiger partial charge in [0.2, 0.25) is 0 Å². The van der Waals surface area contributed by atoms with Crippen LogP contribution in [0.4, 0.5) is 0 Å². The molecule has 0 spiro atoms. The summed E-state index contributed by atoms with van der Waals surface area (Å²) in [4.78, 5) is 4.26. The molecule has 0 aliphatic carbocycles. The maximum absolute atomic E-state index is 12.1. The molecule has 110 valence electrons. The van der Waals surface area contributed by atoms with Crippen molar-refractivity contribution in [1.29, 1.82) is 0 Å². The first-order valence-electron chi connectivity index (χ1n) is 6.63. The van der Waals surface area contributed by atoms with Gasteiger partial charge >= 0.3 is 0 Å². The van der Waals surface area contributed by atoms with Gasteiger partial charge in [-0.2, -0.15) is 0 Å². The van der Waals surface area contributed by atoms with Crippen LogP contribution in [0.15, 0.2) is 6.20 Å². The van der Waals surface area contributed by atoms with Crippen LogP contribution in [-0.2, 0) is 22.9 Å². The maximum atomic E-state index is 12.1. The first kappa shape index (κ1) is 16.2. The highest BCUT2D eigenvalue weighted by Crippen LogP contribution is 2.17. The minimum absolute atomic E-state index is 0.146. The molecule has 0 saturated heterocycles. The summed E-state index contributed by atoms with van der Waals surface area (Å²) in [6.07, 6.45) is 1.81. The SMILES string of the molecule is CCNCc1cnc(C)n1CCS(=O)(=O)C(C)(C)C. The van der Waals surface area contributed by atoms with Gasteiger partial charge in [0.15, 0.2) is 9.84 Å². The van der Waals surface area contributed by atoms with Crippen molar-refractivity contribution in [2.24, 2.45) is 0 Å². The molecule has 1 aromatic rings. The van der Waals surface area contributed by atoms with Crippen LogP contribution in [0.3, 0.4) is 0 Å². The van der Waals surface area contributed by atoms with Gasteiger partial charge in [-0.05, 0) is 34.2 Å². The van der Waals surface area contributed by atoms with Crippen molar-refractivity contribution in [2.45, 2.75) is 52.5 Å². The number of aryl methyl sites for hydroxylation is 1. The lowest BCUT2D eigenvalue weighted by atomic mass is 10.3. The summed E-state index contributed by atoms with van der Waals surface area (Å²) >= 11 is 0. The number of nitrogens with zero attached hydrogens (tertiary/aromatic N) is 2. The highest BCUT2D eigenvalue weighted by atomic mass is 32.2. The number of imidazole rings is 1. The van der Waals surface area contributed by atoms with E-state index in [-0.39, 0.29) is 5.75 Å². The molecule has 1 N–H and O–H groups in total. The Balaban J connectivity index is 2.81. The number of rotatable bonds is 6. The number of hydrogen-bond donors (Lipinski definition) is 1. The van der Waals surface area contributed by atoms with Crippen LogP contribution in [0.1, 0.15) is 39.2 Å². The minimum atomic E-state index is -3.10. The van der Waals surface area contributed by atoms with Crippen LogP contribution in [-0.4, -0.2) is 35.0 Å². The molecule has 0 amide bonds. The van der Waals surface area contributed by atoms with Crippen LogP contribution in [0.5, 0.6) is 0 Å². The van der Waals surface area contributed by atoms with Gasteiger partial charge in [-0.3, -0.25) is 0 Å². The van der Waals surface area contributed by atoms with E-state index in [9.17, 15) is 8.42 Å². The summed E-state index contributed by atoms with van der Waals surface area (Å²) in [5.74, 6) is 1.00. The zero-order chi connectivity index (χ0) is 14.7. The van der Waals surface area contributed by atoms with Gasteiger partial charge in [-0.25, -0.2) is 13.4 Å². The van der Waals surface area contributed by atoms with E-state index in [1.54, 1.807) is 20.8 Å². The first-order chi connectivity index (χ1) is 8.69. The molecule has 0 bridgehead atoms. The lowest BCUT2D eigenvalue weighted by molar-refractivity contribution is 0.549. The molecule has 0 aromatic carbocycles. The summed E-state index contributed by atoms with van der Waals surface area (Å²) in [7, 11) is -3.10. The van der Waals surface area contributed by atoms with Crippen LogP contribution >= 0.6 is 0 Å². The smallest absolute Gasteiger partial charge is 0.156 e. The Kier molecular flexibility index (Phi) is 5.15. The van der Waals surface area contributed by atoms with E-state index >= 15 is 0 Å². The van der Waals surface area contributed by atoms with E-state index < -0.39 is 14.6 Å².